The number of nitrogens with one attached hydrogen (secondary N) is 3. The van der Waals surface area contributed by atoms with E-state index >= 15 is 0 Å². The van der Waals surface area contributed by atoms with Crippen molar-refractivity contribution in [2.24, 2.45) is 0 Å². The van der Waals surface area contributed by atoms with Crippen LogP contribution in [0, 0.1) is 0 Å². The number of thiophene rings is 1. The standard InChI is InChI=1S/C22H21N3O8S/c1-30-16-9-14(15(10-17(16)31-2)24-20(27)18-6-4-8-34-18)21(28)33-12-19(26)25-22(29)23-11-13-5-3-7-32-13/h3-10H,11-12H2,1-2H3,(H,24,27)(H2,23,25,26,29). The Balaban J connectivity index is 1.65. The van der Waals surface area contributed by atoms with Crippen molar-refractivity contribution in [1.82, 2.24) is 10.6 Å². The van der Waals surface area contributed by atoms with Crippen molar-refractivity contribution < 1.29 is 37.8 Å². The molecule has 11 nitrogen and oxygen atoms in total. The van der Waals surface area contributed by atoms with Crippen LogP contribution < -0.4 is 25.4 Å². The van der Waals surface area contributed by atoms with Gasteiger partial charge in [-0.15, -0.1) is 11.3 Å². The number of methoxy groups -OCH3 is 2. The summed E-state index contributed by atoms with van der Waals surface area (Å²) in [6.07, 6.45) is 1.45. The first kappa shape index (κ1) is 24.3. The molecule has 0 saturated heterocycles. The minimum atomic E-state index is -0.923. The molecule has 0 saturated carbocycles. The van der Waals surface area contributed by atoms with Crippen molar-refractivity contribution in [1.29, 1.82) is 0 Å². The maximum Gasteiger partial charge on any atom is 0.340 e. The summed E-state index contributed by atoms with van der Waals surface area (Å²) in [7, 11) is 2.79. The van der Waals surface area contributed by atoms with Crippen LogP contribution in [0.15, 0.2) is 52.5 Å². The first-order chi connectivity index (χ1) is 16.4. The SMILES string of the molecule is COc1cc(NC(=O)c2cccs2)c(C(=O)OCC(=O)NC(=O)NCc2ccco2)cc1OC. The molecule has 4 amide bonds. The Morgan fingerprint density at radius 2 is 1.79 bits per heavy atom. The Bertz CT molecular complexity index is 1160. The van der Waals surface area contributed by atoms with E-state index in [9.17, 15) is 19.2 Å². The van der Waals surface area contributed by atoms with Gasteiger partial charge in [-0.3, -0.25) is 14.9 Å². The van der Waals surface area contributed by atoms with E-state index in [0.717, 1.165) is 0 Å². The Hall–Kier alpha value is -4.32. The maximum absolute atomic E-state index is 12.7. The monoisotopic (exact) mass is 487 g/mol. The van der Waals surface area contributed by atoms with Gasteiger partial charge in [0.1, 0.15) is 5.76 Å². The fraction of sp³-hybridized carbons (Fsp3) is 0.182. The van der Waals surface area contributed by atoms with Crippen molar-refractivity contribution in [2.75, 3.05) is 26.1 Å². The lowest BCUT2D eigenvalue weighted by Crippen LogP contribution is -2.41. The Morgan fingerprint density at radius 3 is 2.44 bits per heavy atom. The highest BCUT2D eigenvalue weighted by Gasteiger charge is 2.21. The average molecular weight is 487 g/mol. The molecule has 34 heavy (non-hydrogen) atoms. The third-order valence-corrected chi connectivity index (χ3v) is 5.20. The highest BCUT2D eigenvalue weighted by atomic mass is 32.1. The molecule has 0 unspecified atom stereocenters. The van der Waals surface area contributed by atoms with E-state index in [1.165, 1.54) is 44.0 Å². The third kappa shape index (κ3) is 6.36. The topological polar surface area (TPSA) is 145 Å². The Kier molecular flexibility index (Phi) is 8.24. The summed E-state index contributed by atoms with van der Waals surface area (Å²) in [5, 5.41) is 8.83. The number of anilines is 1. The highest BCUT2D eigenvalue weighted by molar-refractivity contribution is 7.12. The summed E-state index contributed by atoms with van der Waals surface area (Å²) in [4.78, 5) is 49.4. The molecule has 2 heterocycles. The highest BCUT2D eigenvalue weighted by Crippen LogP contribution is 2.34. The summed E-state index contributed by atoms with van der Waals surface area (Å²) in [5.74, 6) is -1.23. The van der Waals surface area contributed by atoms with Crippen LogP contribution in [0.2, 0.25) is 0 Å². The third-order valence-electron chi connectivity index (χ3n) is 4.33. The number of hydrogen-bond acceptors (Lipinski definition) is 9. The van der Waals surface area contributed by atoms with Crippen LogP contribution in [0.1, 0.15) is 25.8 Å². The molecule has 0 aliphatic carbocycles. The summed E-state index contributed by atoms with van der Waals surface area (Å²) in [6.45, 7) is -0.662. The molecular weight excluding hydrogens is 466 g/mol. The fourth-order valence-corrected chi connectivity index (χ4v) is 3.36. The molecule has 3 aromatic rings. The molecule has 0 bridgehead atoms. The number of hydrogen-bond donors (Lipinski definition) is 3. The lowest BCUT2D eigenvalue weighted by Gasteiger charge is -2.15. The molecule has 1 aromatic carbocycles. The number of furan rings is 1. The van der Waals surface area contributed by atoms with E-state index in [-0.39, 0.29) is 29.3 Å². The first-order valence-corrected chi connectivity index (χ1v) is 10.7. The van der Waals surface area contributed by atoms with Crippen LogP contribution in [0.5, 0.6) is 11.5 Å². The van der Waals surface area contributed by atoms with Crippen molar-refractivity contribution >= 4 is 40.8 Å². The van der Waals surface area contributed by atoms with Crippen LogP contribution in [0.3, 0.4) is 0 Å². The van der Waals surface area contributed by atoms with Crippen LogP contribution in [-0.4, -0.2) is 44.6 Å². The van der Waals surface area contributed by atoms with Gasteiger partial charge in [0.25, 0.3) is 11.8 Å². The van der Waals surface area contributed by atoms with Gasteiger partial charge in [-0.25, -0.2) is 9.59 Å². The molecule has 178 valence electrons. The van der Waals surface area contributed by atoms with Crippen molar-refractivity contribution in [3.63, 3.8) is 0 Å². The summed E-state index contributed by atoms with van der Waals surface area (Å²) in [6, 6.07) is 8.59. The number of carbonyl (C=O) groups is 4. The molecule has 0 fully saturated rings. The average Bonchev–Trinajstić information content (AvgIpc) is 3.55. The molecule has 0 spiro atoms. The summed E-state index contributed by atoms with van der Waals surface area (Å²) >= 11 is 1.22. The van der Waals surface area contributed by atoms with E-state index in [1.54, 1.807) is 29.6 Å². The number of imide groups is 1. The number of esters is 1. The molecular formula is C22H21N3O8S. The number of benzene rings is 1. The van der Waals surface area contributed by atoms with Crippen LogP contribution in [0.25, 0.3) is 0 Å². The Morgan fingerprint density at radius 1 is 1.03 bits per heavy atom. The number of rotatable bonds is 9. The van der Waals surface area contributed by atoms with E-state index in [2.05, 4.69) is 10.6 Å². The predicted octanol–water partition coefficient (Wildman–Crippen LogP) is 2.79. The lowest BCUT2D eigenvalue weighted by molar-refractivity contribution is -0.123. The zero-order valence-electron chi connectivity index (χ0n) is 18.2. The Labute approximate surface area is 198 Å². The number of ether oxygens (including phenoxy) is 3. The van der Waals surface area contributed by atoms with Crippen LogP contribution in [0.4, 0.5) is 10.5 Å². The summed E-state index contributed by atoms with van der Waals surface area (Å²) < 4.78 is 20.5. The number of carbonyl (C=O) groups excluding carboxylic acids is 4. The quantitative estimate of drug-likeness (QED) is 0.391. The fourth-order valence-electron chi connectivity index (χ4n) is 2.74. The van der Waals surface area contributed by atoms with Gasteiger partial charge in [-0.2, -0.15) is 0 Å². The lowest BCUT2D eigenvalue weighted by atomic mass is 10.1. The van der Waals surface area contributed by atoms with Gasteiger partial charge >= 0.3 is 12.0 Å². The zero-order chi connectivity index (χ0) is 24.5. The van der Waals surface area contributed by atoms with Gasteiger partial charge < -0.3 is 29.3 Å². The number of amides is 4. The minimum absolute atomic E-state index is 0.0716. The van der Waals surface area contributed by atoms with Gasteiger partial charge in [0.15, 0.2) is 18.1 Å². The van der Waals surface area contributed by atoms with Gasteiger partial charge in [-0.05, 0) is 23.6 Å². The number of urea groups is 1. The molecule has 3 N–H and O–H groups in total. The van der Waals surface area contributed by atoms with E-state index in [0.29, 0.717) is 10.6 Å². The van der Waals surface area contributed by atoms with Crippen molar-refractivity contribution in [3.8, 4) is 11.5 Å². The van der Waals surface area contributed by atoms with Gasteiger partial charge in [0.2, 0.25) is 0 Å². The molecule has 12 heteroatoms. The van der Waals surface area contributed by atoms with Crippen LogP contribution >= 0.6 is 11.3 Å². The second-order valence-electron chi connectivity index (χ2n) is 6.57. The summed E-state index contributed by atoms with van der Waals surface area (Å²) in [5.41, 5.74) is 0.0234. The van der Waals surface area contributed by atoms with Crippen molar-refractivity contribution in [2.45, 2.75) is 6.54 Å². The maximum atomic E-state index is 12.7. The van der Waals surface area contributed by atoms with E-state index in [1.807, 2.05) is 5.32 Å². The normalized spacial score (nSPS) is 10.2. The minimum Gasteiger partial charge on any atom is -0.493 e. The van der Waals surface area contributed by atoms with Crippen molar-refractivity contribution in [3.05, 3.63) is 64.2 Å². The van der Waals surface area contributed by atoms with Crippen LogP contribution in [-0.2, 0) is 16.1 Å². The van der Waals surface area contributed by atoms with Gasteiger partial charge in [-0.1, -0.05) is 6.07 Å². The van der Waals surface area contributed by atoms with Gasteiger partial charge in [0.05, 0.1) is 43.2 Å². The second kappa shape index (κ2) is 11.5. The van der Waals surface area contributed by atoms with Gasteiger partial charge in [0, 0.05) is 12.1 Å². The second-order valence-corrected chi connectivity index (χ2v) is 7.52. The predicted molar refractivity (Wildman–Crippen MR) is 121 cm³/mol. The molecule has 0 aliphatic heterocycles. The van der Waals surface area contributed by atoms with E-state index in [4.69, 9.17) is 18.6 Å². The smallest absolute Gasteiger partial charge is 0.340 e. The first-order valence-electron chi connectivity index (χ1n) is 9.79. The zero-order valence-corrected chi connectivity index (χ0v) is 19.0. The molecule has 0 aliphatic rings. The largest absolute Gasteiger partial charge is 0.493 e. The van der Waals surface area contributed by atoms with E-state index < -0.39 is 30.4 Å². The molecule has 0 atom stereocenters. The molecule has 0 radical (unpaired) electrons. The molecule has 2 aromatic heterocycles. The molecule has 3 rings (SSSR count).